The van der Waals surface area contributed by atoms with Gasteiger partial charge in [-0.25, -0.2) is 4.98 Å². The van der Waals surface area contributed by atoms with Gasteiger partial charge in [-0.15, -0.1) is 0 Å². The summed E-state index contributed by atoms with van der Waals surface area (Å²) >= 11 is 0. The zero-order valence-electron chi connectivity index (χ0n) is 12.5. The van der Waals surface area contributed by atoms with Gasteiger partial charge in [0.2, 0.25) is 0 Å². The molecule has 1 unspecified atom stereocenters. The molecule has 3 rings (SSSR count). The number of pyridine rings is 1. The van der Waals surface area contributed by atoms with Crippen molar-refractivity contribution in [3.63, 3.8) is 0 Å². The lowest BCUT2D eigenvalue weighted by molar-refractivity contribution is -0.124. The molecule has 2 fully saturated rings. The average molecular weight is 289 g/mol. The fraction of sp³-hybridized carbons (Fsp3) is 0.625. The van der Waals surface area contributed by atoms with Crippen molar-refractivity contribution in [2.24, 2.45) is 5.92 Å². The number of aromatic nitrogens is 1. The second kappa shape index (κ2) is 6.43. The third-order valence-electron chi connectivity index (χ3n) is 4.35. The summed E-state index contributed by atoms with van der Waals surface area (Å²) in [5, 5.41) is 2.88. The summed E-state index contributed by atoms with van der Waals surface area (Å²) < 4.78 is 5.38. The van der Waals surface area contributed by atoms with E-state index in [4.69, 9.17) is 4.74 Å². The molecule has 0 saturated carbocycles. The lowest BCUT2D eigenvalue weighted by atomic mass is 9.99. The van der Waals surface area contributed by atoms with Gasteiger partial charge in [-0.2, -0.15) is 0 Å². The third kappa shape index (κ3) is 3.53. The SMILES string of the molecule is CC1CCN(c2ccc(NC(=O)C3CCCO3)cn2)CC1. The van der Waals surface area contributed by atoms with Gasteiger partial charge in [0.25, 0.3) is 5.91 Å². The minimum absolute atomic E-state index is 0.0613. The summed E-state index contributed by atoms with van der Waals surface area (Å²) in [4.78, 5) is 18.8. The second-order valence-electron chi connectivity index (χ2n) is 6.07. The molecule has 0 radical (unpaired) electrons. The van der Waals surface area contributed by atoms with Crippen molar-refractivity contribution in [2.75, 3.05) is 29.9 Å². The van der Waals surface area contributed by atoms with Gasteiger partial charge in [0.1, 0.15) is 11.9 Å². The molecule has 1 aromatic heterocycles. The van der Waals surface area contributed by atoms with Crippen LogP contribution in [-0.2, 0) is 9.53 Å². The molecule has 1 N–H and O–H groups in total. The molecule has 2 aliphatic rings. The van der Waals surface area contributed by atoms with Crippen LogP contribution in [0.4, 0.5) is 11.5 Å². The van der Waals surface area contributed by atoms with Gasteiger partial charge in [-0.1, -0.05) is 6.92 Å². The number of amides is 1. The Hall–Kier alpha value is -1.62. The van der Waals surface area contributed by atoms with E-state index >= 15 is 0 Å². The van der Waals surface area contributed by atoms with Crippen LogP contribution in [0.25, 0.3) is 0 Å². The summed E-state index contributed by atoms with van der Waals surface area (Å²) in [5.41, 5.74) is 0.740. The minimum Gasteiger partial charge on any atom is -0.368 e. The van der Waals surface area contributed by atoms with Crippen LogP contribution in [0.1, 0.15) is 32.6 Å². The number of carbonyl (C=O) groups excluding carboxylic acids is 1. The predicted molar refractivity (Wildman–Crippen MR) is 82.5 cm³/mol. The number of nitrogens with one attached hydrogen (secondary N) is 1. The first-order valence-corrected chi connectivity index (χ1v) is 7.86. The highest BCUT2D eigenvalue weighted by Crippen LogP contribution is 2.22. The van der Waals surface area contributed by atoms with Crippen LogP contribution < -0.4 is 10.2 Å². The van der Waals surface area contributed by atoms with Crippen LogP contribution in [0.3, 0.4) is 0 Å². The first kappa shape index (κ1) is 14.3. The van der Waals surface area contributed by atoms with Crippen molar-refractivity contribution >= 4 is 17.4 Å². The monoisotopic (exact) mass is 289 g/mol. The predicted octanol–water partition coefficient (Wildman–Crippen LogP) is 2.44. The number of nitrogens with zero attached hydrogens (tertiary/aromatic N) is 2. The van der Waals surface area contributed by atoms with E-state index in [9.17, 15) is 4.79 Å². The van der Waals surface area contributed by atoms with E-state index in [1.807, 2.05) is 12.1 Å². The maximum Gasteiger partial charge on any atom is 0.253 e. The summed E-state index contributed by atoms with van der Waals surface area (Å²) in [6.45, 7) is 5.11. The van der Waals surface area contributed by atoms with Gasteiger partial charge in [-0.05, 0) is 43.7 Å². The molecular formula is C16H23N3O2. The molecular weight excluding hydrogens is 266 g/mol. The summed E-state index contributed by atoms with van der Waals surface area (Å²) in [5.74, 6) is 1.75. The number of hydrogen-bond donors (Lipinski definition) is 1. The molecule has 0 aromatic carbocycles. The van der Waals surface area contributed by atoms with Crippen molar-refractivity contribution < 1.29 is 9.53 Å². The highest BCUT2D eigenvalue weighted by molar-refractivity contribution is 5.94. The van der Waals surface area contributed by atoms with Crippen LogP contribution in [0.2, 0.25) is 0 Å². The van der Waals surface area contributed by atoms with Gasteiger partial charge in [-0.3, -0.25) is 4.79 Å². The lowest BCUT2D eigenvalue weighted by Crippen LogP contribution is -2.33. The van der Waals surface area contributed by atoms with Crippen molar-refractivity contribution in [1.29, 1.82) is 0 Å². The van der Waals surface area contributed by atoms with E-state index < -0.39 is 0 Å². The third-order valence-corrected chi connectivity index (χ3v) is 4.35. The van der Waals surface area contributed by atoms with Crippen molar-refractivity contribution in [1.82, 2.24) is 4.98 Å². The maximum absolute atomic E-state index is 12.0. The van der Waals surface area contributed by atoms with E-state index in [-0.39, 0.29) is 12.0 Å². The van der Waals surface area contributed by atoms with Crippen LogP contribution in [0.15, 0.2) is 18.3 Å². The Labute approximate surface area is 125 Å². The first-order valence-electron chi connectivity index (χ1n) is 7.86. The molecule has 3 heterocycles. The smallest absolute Gasteiger partial charge is 0.253 e. The number of piperidine rings is 1. The normalized spacial score (nSPS) is 23.3. The van der Waals surface area contributed by atoms with Gasteiger partial charge in [0, 0.05) is 19.7 Å². The van der Waals surface area contributed by atoms with Crippen LogP contribution >= 0.6 is 0 Å². The molecule has 1 aromatic rings. The van der Waals surface area contributed by atoms with E-state index in [0.29, 0.717) is 6.61 Å². The first-order chi connectivity index (χ1) is 10.2. The van der Waals surface area contributed by atoms with Crippen LogP contribution in [0, 0.1) is 5.92 Å². The highest BCUT2D eigenvalue weighted by atomic mass is 16.5. The van der Waals surface area contributed by atoms with Crippen molar-refractivity contribution in [3.8, 4) is 0 Å². The summed E-state index contributed by atoms with van der Waals surface area (Å²) in [6.07, 6.45) is 5.65. The van der Waals surface area contributed by atoms with Gasteiger partial charge < -0.3 is 15.0 Å². The minimum atomic E-state index is -0.298. The highest BCUT2D eigenvalue weighted by Gasteiger charge is 2.23. The molecule has 2 saturated heterocycles. The standard InChI is InChI=1S/C16H23N3O2/c1-12-6-8-19(9-7-12)15-5-4-13(11-17-15)18-16(20)14-3-2-10-21-14/h4-5,11-12,14H,2-3,6-10H2,1H3,(H,18,20). The zero-order valence-corrected chi connectivity index (χ0v) is 12.5. The Kier molecular flexibility index (Phi) is 4.39. The van der Waals surface area contributed by atoms with Gasteiger partial charge >= 0.3 is 0 Å². The largest absolute Gasteiger partial charge is 0.368 e. The molecule has 2 aliphatic heterocycles. The molecule has 0 spiro atoms. The molecule has 21 heavy (non-hydrogen) atoms. The fourth-order valence-electron chi connectivity index (χ4n) is 2.89. The summed E-state index contributed by atoms with van der Waals surface area (Å²) in [6, 6.07) is 3.91. The van der Waals surface area contributed by atoms with E-state index in [1.165, 1.54) is 12.8 Å². The Morgan fingerprint density at radius 2 is 2.14 bits per heavy atom. The van der Waals surface area contributed by atoms with Gasteiger partial charge in [0.05, 0.1) is 11.9 Å². The molecule has 0 aliphatic carbocycles. The second-order valence-corrected chi connectivity index (χ2v) is 6.07. The summed E-state index contributed by atoms with van der Waals surface area (Å²) in [7, 11) is 0. The Morgan fingerprint density at radius 1 is 1.33 bits per heavy atom. The molecule has 5 nitrogen and oxygen atoms in total. The molecule has 0 bridgehead atoms. The fourth-order valence-corrected chi connectivity index (χ4v) is 2.89. The number of anilines is 2. The Morgan fingerprint density at radius 3 is 2.76 bits per heavy atom. The van der Waals surface area contributed by atoms with E-state index in [1.54, 1.807) is 6.20 Å². The Balaban J connectivity index is 1.57. The molecule has 114 valence electrons. The number of hydrogen-bond acceptors (Lipinski definition) is 4. The van der Waals surface area contributed by atoms with Gasteiger partial charge in [0.15, 0.2) is 0 Å². The van der Waals surface area contributed by atoms with E-state index in [2.05, 4.69) is 22.1 Å². The number of carbonyl (C=O) groups is 1. The average Bonchev–Trinajstić information content (AvgIpc) is 3.03. The Bertz CT molecular complexity index is 475. The number of rotatable bonds is 3. The lowest BCUT2D eigenvalue weighted by Gasteiger charge is -2.31. The van der Waals surface area contributed by atoms with Crippen LogP contribution in [0.5, 0.6) is 0 Å². The topological polar surface area (TPSA) is 54.5 Å². The molecule has 1 amide bonds. The number of ether oxygens (including phenoxy) is 1. The van der Waals surface area contributed by atoms with Crippen LogP contribution in [-0.4, -0.2) is 36.7 Å². The van der Waals surface area contributed by atoms with Crippen molar-refractivity contribution in [3.05, 3.63) is 18.3 Å². The van der Waals surface area contributed by atoms with Crippen molar-refractivity contribution in [2.45, 2.75) is 38.7 Å². The maximum atomic E-state index is 12.0. The zero-order chi connectivity index (χ0) is 14.7. The molecule has 5 heteroatoms. The quantitative estimate of drug-likeness (QED) is 0.928. The molecule has 1 atom stereocenters. The van der Waals surface area contributed by atoms with E-state index in [0.717, 1.165) is 43.4 Å².